The molecular weight excluding hydrogens is 464 g/mol. The van der Waals surface area contributed by atoms with Crippen molar-refractivity contribution in [1.82, 2.24) is 5.32 Å². The molecular formula is C23H17BrN2O3S. The lowest BCUT2D eigenvalue weighted by Crippen LogP contribution is -2.23. The number of hydrogen-bond donors (Lipinski definition) is 1. The van der Waals surface area contributed by atoms with Gasteiger partial charge in [-0.2, -0.15) is 4.99 Å². The fourth-order valence-electron chi connectivity index (χ4n) is 3.06. The number of aliphatic imine (C=N–C) groups is 1. The van der Waals surface area contributed by atoms with Crippen molar-refractivity contribution in [3.63, 3.8) is 0 Å². The van der Waals surface area contributed by atoms with Crippen LogP contribution in [0, 0.1) is 0 Å². The molecule has 0 saturated heterocycles. The number of thioether (sulfide) groups is 1. The third-order valence-electron chi connectivity index (χ3n) is 4.42. The highest BCUT2D eigenvalue weighted by molar-refractivity contribution is 9.10. The maximum absolute atomic E-state index is 12.0. The fraction of sp³-hybridized carbons (Fsp3) is 0.0870. The van der Waals surface area contributed by atoms with Gasteiger partial charge in [-0.05, 0) is 67.8 Å². The third-order valence-corrected chi connectivity index (χ3v) is 5.94. The summed E-state index contributed by atoms with van der Waals surface area (Å²) >= 11 is 4.69. The second-order valence-electron chi connectivity index (χ2n) is 6.63. The number of carbonyl (C=O) groups excluding carboxylic acids is 2. The number of fused-ring (bicyclic) bond motifs is 1. The monoisotopic (exact) mass is 480 g/mol. The molecule has 1 aliphatic rings. The van der Waals surface area contributed by atoms with E-state index in [1.807, 2.05) is 36.4 Å². The fourth-order valence-corrected chi connectivity index (χ4v) is 4.43. The maximum atomic E-state index is 12.0. The summed E-state index contributed by atoms with van der Waals surface area (Å²) in [4.78, 5) is 27.5. The number of halogens is 1. The van der Waals surface area contributed by atoms with Gasteiger partial charge in [0, 0.05) is 6.92 Å². The molecule has 0 atom stereocenters. The SMILES string of the molecule is CC(=O)NC1=NC(=O)/C(=C\c2ccc(OCc3cccc4ccccc34)c(Br)c2)S1. The number of nitrogens with one attached hydrogen (secondary N) is 1. The quantitative estimate of drug-likeness (QED) is 0.515. The van der Waals surface area contributed by atoms with Crippen LogP contribution in [0.1, 0.15) is 18.1 Å². The molecule has 7 heteroatoms. The zero-order valence-corrected chi connectivity index (χ0v) is 18.4. The van der Waals surface area contributed by atoms with E-state index in [0.717, 1.165) is 27.4 Å². The average Bonchev–Trinajstić information content (AvgIpc) is 3.05. The summed E-state index contributed by atoms with van der Waals surface area (Å²) in [6.45, 7) is 1.83. The first-order valence-electron chi connectivity index (χ1n) is 9.19. The number of ether oxygens (including phenoxy) is 1. The maximum Gasteiger partial charge on any atom is 0.286 e. The van der Waals surface area contributed by atoms with Gasteiger partial charge in [-0.1, -0.05) is 48.5 Å². The minimum absolute atomic E-state index is 0.259. The van der Waals surface area contributed by atoms with Crippen LogP contribution in [0.5, 0.6) is 5.75 Å². The largest absolute Gasteiger partial charge is 0.488 e. The molecule has 0 aliphatic carbocycles. The van der Waals surface area contributed by atoms with Crippen molar-refractivity contribution in [3.05, 3.63) is 81.2 Å². The first-order chi connectivity index (χ1) is 14.5. The van der Waals surface area contributed by atoms with Crippen molar-refractivity contribution in [3.8, 4) is 5.75 Å². The molecule has 0 saturated carbocycles. The van der Waals surface area contributed by atoms with Crippen LogP contribution in [0.2, 0.25) is 0 Å². The van der Waals surface area contributed by atoms with Crippen LogP contribution in [-0.4, -0.2) is 17.0 Å². The summed E-state index contributed by atoms with van der Waals surface area (Å²) < 4.78 is 6.82. The van der Waals surface area contributed by atoms with E-state index >= 15 is 0 Å². The summed E-state index contributed by atoms with van der Waals surface area (Å²) in [5.41, 5.74) is 1.94. The van der Waals surface area contributed by atoms with Crippen LogP contribution in [-0.2, 0) is 16.2 Å². The molecule has 0 spiro atoms. The van der Waals surface area contributed by atoms with Gasteiger partial charge in [-0.15, -0.1) is 0 Å². The number of hydrogen-bond acceptors (Lipinski definition) is 4. The van der Waals surface area contributed by atoms with Crippen LogP contribution in [0.15, 0.2) is 75.0 Å². The molecule has 3 aromatic carbocycles. The van der Waals surface area contributed by atoms with Gasteiger partial charge in [0.2, 0.25) is 5.91 Å². The molecule has 1 heterocycles. The summed E-state index contributed by atoms with van der Waals surface area (Å²) in [5.74, 6) is 0.0903. The van der Waals surface area contributed by atoms with Crippen molar-refractivity contribution in [2.24, 2.45) is 4.99 Å². The third kappa shape index (κ3) is 4.63. The molecule has 1 N–H and O–H groups in total. The molecule has 3 aromatic rings. The molecule has 2 amide bonds. The van der Waals surface area contributed by atoms with E-state index < -0.39 is 0 Å². The van der Waals surface area contributed by atoms with E-state index in [2.05, 4.69) is 50.5 Å². The number of amidine groups is 1. The Morgan fingerprint density at radius 2 is 1.97 bits per heavy atom. The van der Waals surface area contributed by atoms with E-state index in [9.17, 15) is 9.59 Å². The number of amides is 2. The highest BCUT2D eigenvalue weighted by atomic mass is 79.9. The first-order valence-corrected chi connectivity index (χ1v) is 10.8. The molecule has 0 radical (unpaired) electrons. The van der Waals surface area contributed by atoms with Gasteiger partial charge >= 0.3 is 0 Å². The van der Waals surface area contributed by atoms with Gasteiger partial charge in [-0.3, -0.25) is 9.59 Å². The smallest absolute Gasteiger partial charge is 0.286 e. The standard InChI is InChI=1S/C23H17BrN2O3S/c1-14(27)25-23-26-22(28)21(30-23)12-15-9-10-20(19(24)11-15)29-13-17-7-4-6-16-5-2-3-8-18(16)17/h2-12H,13H2,1H3,(H,25,26,27,28)/b21-12+. The minimum atomic E-state index is -0.365. The summed E-state index contributed by atoms with van der Waals surface area (Å²) in [6, 6.07) is 20.0. The normalized spacial score (nSPS) is 14.8. The Morgan fingerprint density at radius 1 is 1.17 bits per heavy atom. The second-order valence-corrected chi connectivity index (χ2v) is 8.52. The van der Waals surface area contributed by atoms with Crippen molar-refractivity contribution in [2.75, 3.05) is 0 Å². The molecule has 0 fully saturated rings. The Bertz CT molecular complexity index is 1210. The van der Waals surface area contributed by atoms with E-state index in [4.69, 9.17) is 4.74 Å². The van der Waals surface area contributed by atoms with Crippen molar-refractivity contribution >= 4 is 61.5 Å². The Morgan fingerprint density at radius 3 is 2.77 bits per heavy atom. The van der Waals surface area contributed by atoms with Crippen molar-refractivity contribution in [1.29, 1.82) is 0 Å². The zero-order valence-electron chi connectivity index (χ0n) is 16.0. The van der Waals surface area contributed by atoms with E-state index in [1.165, 1.54) is 17.7 Å². The van der Waals surface area contributed by atoms with Crippen LogP contribution in [0.4, 0.5) is 0 Å². The predicted octanol–water partition coefficient (Wildman–Crippen LogP) is 5.29. The second kappa shape index (κ2) is 8.85. The molecule has 0 unspecified atom stereocenters. The molecule has 5 nitrogen and oxygen atoms in total. The Labute approximate surface area is 186 Å². The molecule has 1 aliphatic heterocycles. The lowest BCUT2D eigenvalue weighted by atomic mass is 10.1. The first kappa shape index (κ1) is 20.4. The molecule has 150 valence electrons. The molecule has 4 rings (SSSR count). The lowest BCUT2D eigenvalue weighted by molar-refractivity contribution is -0.117. The van der Waals surface area contributed by atoms with E-state index in [-0.39, 0.29) is 11.8 Å². The van der Waals surface area contributed by atoms with Gasteiger partial charge in [0.1, 0.15) is 12.4 Å². The molecule has 30 heavy (non-hydrogen) atoms. The van der Waals surface area contributed by atoms with E-state index in [1.54, 1.807) is 6.08 Å². The number of rotatable bonds is 4. The highest BCUT2D eigenvalue weighted by Crippen LogP contribution is 2.31. The predicted molar refractivity (Wildman–Crippen MR) is 124 cm³/mol. The van der Waals surface area contributed by atoms with Gasteiger partial charge in [-0.25, -0.2) is 0 Å². The zero-order chi connectivity index (χ0) is 21.1. The number of carbonyl (C=O) groups is 2. The number of nitrogens with zero attached hydrogens (tertiary/aromatic N) is 1. The Balaban J connectivity index is 1.47. The van der Waals surface area contributed by atoms with Gasteiger partial charge < -0.3 is 10.1 Å². The minimum Gasteiger partial charge on any atom is -0.488 e. The van der Waals surface area contributed by atoms with Crippen LogP contribution >= 0.6 is 27.7 Å². The highest BCUT2D eigenvalue weighted by Gasteiger charge is 2.22. The lowest BCUT2D eigenvalue weighted by Gasteiger charge is -2.11. The van der Waals surface area contributed by atoms with Gasteiger partial charge in [0.05, 0.1) is 9.38 Å². The molecule has 0 bridgehead atoms. The molecule has 0 aromatic heterocycles. The van der Waals surface area contributed by atoms with Crippen molar-refractivity contribution in [2.45, 2.75) is 13.5 Å². The van der Waals surface area contributed by atoms with Crippen LogP contribution < -0.4 is 10.1 Å². The summed E-state index contributed by atoms with van der Waals surface area (Å²) in [5, 5.41) is 5.19. The van der Waals surface area contributed by atoms with Crippen LogP contribution in [0.3, 0.4) is 0 Å². The van der Waals surface area contributed by atoms with Gasteiger partial charge in [0.15, 0.2) is 5.17 Å². The van der Waals surface area contributed by atoms with Crippen LogP contribution in [0.25, 0.3) is 16.8 Å². The Kier molecular flexibility index (Phi) is 6.01. The average molecular weight is 481 g/mol. The van der Waals surface area contributed by atoms with E-state index in [0.29, 0.717) is 22.4 Å². The Hall–Kier alpha value is -2.90. The summed E-state index contributed by atoms with van der Waals surface area (Å²) in [7, 11) is 0. The van der Waals surface area contributed by atoms with Gasteiger partial charge in [0.25, 0.3) is 5.91 Å². The summed E-state index contributed by atoms with van der Waals surface area (Å²) in [6.07, 6.45) is 1.74. The topological polar surface area (TPSA) is 67.8 Å². The van der Waals surface area contributed by atoms with Crippen molar-refractivity contribution < 1.29 is 14.3 Å². The number of benzene rings is 3.